The van der Waals surface area contributed by atoms with Crippen molar-refractivity contribution in [3.05, 3.63) is 24.3 Å². The monoisotopic (exact) mass is 407 g/mol. The first kappa shape index (κ1) is 20.4. The SMILES string of the molecule is NS(=O)(=O)c1ccc(NC(=S)N[C@@H]2O[C@H](C(=O)O)[C@@H](O)[C@H](O)[C@H]2O)cc1. The van der Waals surface area contributed by atoms with Crippen LogP contribution < -0.4 is 15.8 Å². The molecule has 1 aliphatic rings. The highest BCUT2D eigenvalue weighted by Gasteiger charge is 2.47. The van der Waals surface area contributed by atoms with Gasteiger partial charge in [-0.15, -0.1) is 0 Å². The molecule has 11 nitrogen and oxygen atoms in total. The number of nitrogens with two attached hydrogens (primary N) is 1. The standard InChI is InChI=1S/C13H17N3O8S2/c14-26(22,23)6-3-1-5(2-4-6)15-13(25)16-11-9(19)7(17)8(18)10(24-11)12(20)21/h1-4,7-11,17-19H,(H,20,21)(H2,14,22,23)(H2,15,16,25)/t7-,8-,9+,10-,11+/m0/s1. The minimum Gasteiger partial charge on any atom is -0.479 e. The van der Waals surface area contributed by atoms with Gasteiger partial charge in [0.15, 0.2) is 17.4 Å². The molecule has 0 spiro atoms. The van der Waals surface area contributed by atoms with E-state index in [1.165, 1.54) is 24.3 Å². The van der Waals surface area contributed by atoms with E-state index in [1.807, 2.05) is 0 Å². The Bertz CT molecular complexity index is 785. The Kier molecular flexibility index (Phi) is 6.13. The molecule has 0 radical (unpaired) electrons. The lowest BCUT2D eigenvalue weighted by atomic mass is 9.98. The van der Waals surface area contributed by atoms with Gasteiger partial charge in [0.25, 0.3) is 0 Å². The van der Waals surface area contributed by atoms with E-state index >= 15 is 0 Å². The van der Waals surface area contributed by atoms with E-state index in [-0.39, 0.29) is 10.0 Å². The topological polar surface area (TPSA) is 191 Å². The highest BCUT2D eigenvalue weighted by atomic mass is 32.2. The first-order chi connectivity index (χ1) is 12.0. The van der Waals surface area contributed by atoms with Gasteiger partial charge in [0, 0.05) is 5.69 Å². The number of primary sulfonamides is 1. The fraction of sp³-hybridized carbons (Fsp3) is 0.385. The molecule has 1 heterocycles. The molecule has 0 saturated carbocycles. The number of carboxylic acids is 1. The Labute approximate surface area is 153 Å². The van der Waals surface area contributed by atoms with E-state index in [0.29, 0.717) is 5.69 Å². The van der Waals surface area contributed by atoms with Crippen molar-refractivity contribution in [1.82, 2.24) is 5.32 Å². The molecule has 1 aliphatic heterocycles. The zero-order valence-corrected chi connectivity index (χ0v) is 14.6. The number of nitrogens with one attached hydrogen (secondary N) is 2. The van der Waals surface area contributed by atoms with Gasteiger partial charge < -0.3 is 35.8 Å². The summed E-state index contributed by atoms with van der Waals surface area (Å²) in [6.45, 7) is 0. The van der Waals surface area contributed by atoms with Crippen molar-refractivity contribution in [1.29, 1.82) is 0 Å². The van der Waals surface area contributed by atoms with Crippen LogP contribution >= 0.6 is 12.2 Å². The van der Waals surface area contributed by atoms with Crippen molar-refractivity contribution in [3.63, 3.8) is 0 Å². The second-order valence-electron chi connectivity index (χ2n) is 5.46. The lowest BCUT2D eigenvalue weighted by Gasteiger charge is -2.39. The molecule has 0 amide bonds. The molecule has 144 valence electrons. The minimum absolute atomic E-state index is 0.102. The molecule has 1 aromatic rings. The van der Waals surface area contributed by atoms with Crippen molar-refractivity contribution < 1.29 is 38.4 Å². The quantitative estimate of drug-likeness (QED) is 0.261. The average Bonchev–Trinajstić information content (AvgIpc) is 2.54. The van der Waals surface area contributed by atoms with Crippen molar-refractivity contribution >= 4 is 39.0 Å². The van der Waals surface area contributed by atoms with Gasteiger partial charge in [-0.2, -0.15) is 0 Å². The summed E-state index contributed by atoms with van der Waals surface area (Å²) in [6.07, 6.45) is -8.39. The number of aliphatic hydroxyl groups excluding tert-OH is 3. The number of benzene rings is 1. The van der Waals surface area contributed by atoms with E-state index in [4.69, 9.17) is 27.2 Å². The summed E-state index contributed by atoms with van der Waals surface area (Å²) in [5.74, 6) is -1.52. The minimum atomic E-state index is -3.84. The van der Waals surface area contributed by atoms with Crippen LogP contribution in [-0.4, -0.2) is 70.6 Å². The number of aliphatic carboxylic acids is 1. The van der Waals surface area contributed by atoms with E-state index in [0.717, 1.165) is 0 Å². The third-order valence-electron chi connectivity index (χ3n) is 3.57. The Morgan fingerprint density at radius 2 is 1.69 bits per heavy atom. The maximum absolute atomic E-state index is 11.2. The Hall–Kier alpha value is -1.87. The van der Waals surface area contributed by atoms with E-state index in [1.54, 1.807) is 0 Å². The van der Waals surface area contributed by atoms with Crippen LogP contribution in [0.1, 0.15) is 0 Å². The highest BCUT2D eigenvalue weighted by Crippen LogP contribution is 2.20. The van der Waals surface area contributed by atoms with E-state index in [2.05, 4.69) is 10.6 Å². The number of carbonyl (C=O) groups is 1. The molecule has 0 aliphatic carbocycles. The van der Waals surface area contributed by atoms with Gasteiger partial charge in [-0.1, -0.05) is 0 Å². The van der Waals surface area contributed by atoms with Crippen molar-refractivity contribution in [3.8, 4) is 0 Å². The highest BCUT2D eigenvalue weighted by molar-refractivity contribution is 7.89. The summed E-state index contributed by atoms with van der Waals surface area (Å²) < 4.78 is 27.4. The van der Waals surface area contributed by atoms with Gasteiger partial charge in [-0.05, 0) is 36.5 Å². The number of carboxylic acid groups (broad SMARTS) is 1. The van der Waals surface area contributed by atoms with Gasteiger partial charge in [-0.3, -0.25) is 0 Å². The fourth-order valence-electron chi connectivity index (χ4n) is 2.23. The number of aliphatic hydroxyl groups is 3. The van der Waals surface area contributed by atoms with Gasteiger partial charge in [-0.25, -0.2) is 18.4 Å². The van der Waals surface area contributed by atoms with Crippen LogP contribution in [0, 0.1) is 0 Å². The van der Waals surface area contributed by atoms with Crippen LogP contribution in [0.15, 0.2) is 29.2 Å². The number of thiocarbonyl (C=S) groups is 1. The number of ether oxygens (including phenoxy) is 1. The number of sulfonamides is 1. The van der Waals surface area contributed by atoms with Crippen molar-refractivity contribution in [2.75, 3.05) is 5.32 Å². The second kappa shape index (κ2) is 7.79. The Morgan fingerprint density at radius 1 is 1.12 bits per heavy atom. The van der Waals surface area contributed by atoms with Gasteiger partial charge in [0.2, 0.25) is 10.0 Å². The number of rotatable bonds is 4. The van der Waals surface area contributed by atoms with Crippen LogP contribution in [-0.2, 0) is 19.6 Å². The van der Waals surface area contributed by atoms with E-state index < -0.39 is 46.6 Å². The molecule has 1 fully saturated rings. The van der Waals surface area contributed by atoms with Crippen LogP contribution in [0.3, 0.4) is 0 Å². The molecule has 13 heteroatoms. The van der Waals surface area contributed by atoms with Crippen molar-refractivity contribution in [2.45, 2.75) is 35.5 Å². The molecular formula is C13H17N3O8S2. The lowest BCUT2D eigenvalue weighted by molar-refractivity contribution is -0.230. The average molecular weight is 407 g/mol. The first-order valence-corrected chi connectivity index (χ1v) is 9.09. The zero-order chi connectivity index (χ0) is 19.6. The Morgan fingerprint density at radius 3 is 2.19 bits per heavy atom. The summed E-state index contributed by atoms with van der Waals surface area (Å²) >= 11 is 5.00. The van der Waals surface area contributed by atoms with E-state index in [9.17, 15) is 28.5 Å². The fourth-order valence-corrected chi connectivity index (χ4v) is 2.98. The largest absolute Gasteiger partial charge is 0.479 e. The van der Waals surface area contributed by atoms with Crippen molar-refractivity contribution in [2.24, 2.45) is 5.14 Å². The summed E-state index contributed by atoms with van der Waals surface area (Å²) in [7, 11) is -3.84. The predicted molar refractivity (Wildman–Crippen MR) is 91.5 cm³/mol. The van der Waals surface area contributed by atoms with Crippen LogP contribution in [0.2, 0.25) is 0 Å². The molecule has 2 rings (SSSR count). The van der Waals surface area contributed by atoms with Crippen LogP contribution in [0.25, 0.3) is 0 Å². The maximum Gasteiger partial charge on any atom is 0.335 e. The smallest absolute Gasteiger partial charge is 0.335 e. The Balaban J connectivity index is 2.03. The zero-order valence-electron chi connectivity index (χ0n) is 13.0. The molecular weight excluding hydrogens is 390 g/mol. The van der Waals surface area contributed by atoms with Crippen LogP contribution in [0.4, 0.5) is 5.69 Å². The number of anilines is 1. The lowest BCUT2D eigenvalue weighted by Crippen LogP contribution is -2.64. The second-order valence-corrected chi connectivity index (χ2v) is 7.42. The molecule has 1 saturated heterocycles. The molecule has 26 heavy (non-hydrogen) atoms. The summed E-state index contributed by atoms with van der Waals surface area (Å²) in [5, 5.41) is 48.2. The third-order valence-corrected chi connectivity index (χ3v) is 4.72. The maximum atomic E-state index is 11.2. The van der Waals surface area contributed by atoms with Gasteiger partial charge in [0.05, 0.1) is 4.90 Å². The summed E-state index contributed by atoms with van der Waals surface area (Å²) in [5.41, 5.74) is 0.371. The summed E-state index contributed by atoms with van der Waals surface area (Å²) in [6, 6.07) is 5.24. The third kappa shape index (κ3) is 4.64. The molecule has 8 N–H and O–H groups in total. The molecule has 0 aromatic heterocycles. The summed E-state index contributed by atoms with van der Waals surface area (Å²) in [4.78, 5) is 10.9. The number of hydrogen-bond donors (Lipinski definition) is 7. The molecule has 5 atom stereocenters. The van der Waals surface area contributed by atoms with Gasteiger partial charge in [0.1, 0.15) is 18.3 Å². The number of hydrogen-bond acceptors (Lipinski definition) is 8. The molecule has 1 aromatic carbocycles. The van der Waals surface area contributed by atoms with Crippen LogP contribution in [0.5, 0.6) is 0 Å². The predicted octanol–water partition coefficient (Wildman–Crippen LogP) is -2.49. The molecule has 0 unspecified atom stereocenters. The molecule has 0 bridgehead atoms. The normalized spacial score (nSPS) is 29.0. The first-order valence-electron chi connectivity index (χ1n) is 7.13. The van der Waals surface area contributed by atoms with Gasteiger partial charge >= 0.3 is 5.97 Å².